The summed E-state index contributed by atoms with van der Waals surface area (Å²) in [5.74, 6) is 0. The van der Waals surface area contributed by atoms with E-state index < -0.39 is 0 Å². The van der Waals surface area contributed by atoms with E-state index in [1.54, 1.807) is 11.0 Å². The Morgan fingerprint density at radius 2 is 2.38 bits per heavy atom. The predicted octanol–water partition coefficient (Wildman–Crippen LogP) is 1.03. The van der Waals surface area contributed by atoms with Crippen molar-refractivity contribution in [2.24, 2.45) is 0 Å². The molecule has 4 nitrogen and oxygen atoms in total. The molecule has 4 heteroatoms. The summed E-state index contributed by atoms with van der Waals surface area (Å²) in [6.45, 7) is 2.73. The van der Waals surface area contributed by atoms with Gasteiger partial charge in [-0.25, -0.2) is 9.67 Å². The van der Waals surface area contributed by atoms with E-state index in [9.17, 15) is 0 Å². The van der Waals surface area contributed by atoms with E-state index in [2.05, 4.69) is 15.1 Å². The van der Waals surface area contributed by atoms with Crippen LogP contribution in [0.15, 0.2) is 31.0 Å². The van der Waals surface area contributed by atoms with Crippen LogP contribution in [-0.2, 0) is 6.54 Å². The van der Waals surface area contributed by atoms with E-state index in [-0.39, 0.29) is 0 Å². The molecule has 0 saturated carbocycles. The van der Waals surface area contributed by atoms with E-state index in [0.29, 0.717) is 6.54 Å². The molecule has 0 fully saturated rings. The molecule has 0 radical (unpaired) electrons. The topological polar surface area (TPSA) is 43.6 Å². The molecule has 0 unspecified atom stereocenters. The lowest BCUT2D eigenvalue weighted by molar-refractivity contribution is 0.670. The molecule has 2 rings (SSSR count). The van der Waals surface area contributed by atoms with Gasteiger partial charge in [-0.15, -0.1) is 0 Å². The van der Waals surface area contributed by atoms with Gasteiger partial charge in [0.05, 0.1) is 12.2 Å². The van der Waals surface area contributed by atoms with Gasteiger partial charge in [-0.2, -0.15) is 5.10 Å². The van der Waals surface area contributed by atoms with E-state index in [0.717, 1.165) is 5.69 Å². The maximum absolute atomic E-state index is 4.23. The second-order valence-corrected chi connectivity index (χ2v) is 2.92. The number of pyridine rings is 1. The second kappa shape index (κ2) is 3.35. The molecule has 0 aliphatic rings. The Morgan fingerprint density at radius 3 is 3.08 bits per heavy atom. The van der Waals surface area contributed by atoms with Crippen molar-refractivity contribution in [2.75, 3.05) is 0 Å². The fourth-order valence-corrected chi connectivity index (χ4v) is 1.17. The average Bonchev–Trinajstić information content (AvgIpc) is 2.57. The van der Waals surface area contributed by atoms with Crippen LogP contribution >= 0.6 is 0 Å². The van der Waals surface area contributed by atoms with Crippen LogP contribution in [0.4, 0.5) is 0 Å². The molecule has 2 heterocycles. The van der Waals surface area contributed by atoms with Gasteiger partial charge in [0, 0.05) is 6.20 Å². The Kier molecular flexibility index (Phi) is 2.04. The van der Waals surface area contributed by atoms with Crippen LogP contribution in [0.2, 0.25) is 0 Å². The summed E-state index contributed by atoms with van der Waals surface area (Å²) in [5.41, 5.74) is 2.22. The summed E-state index contributed by atoms with van der Waals surface area (Å²) in [6.07, 6.45) is 5.02. The van der Waals surface area contributed by atoms with Gasteiger partial charge in [-0.05, 0) is 24.6 Å². The molecule has 0 atom stereocenters. The molecule has 0 saturated heterocycles. The highest BCUT2D eigenvalue weighted by Crippen LogP contribution is 2.00. The SMILES string of the molecule is Cc1ccnc(Cn2cncn2)c1. The number of hydrogen-bond donors (Lipinski definition) is 0. The lowest BCUT2D eigenvalue weighted by Crippen LogP contribution is -2.01. The van der Waals surface area contributed by atoms with Crippen molar-refractivity contribution >= 4 is 0 Å². The van der Waals surface area contributed by atoms with Crippen LogP contribution in [0.5, 0.6) is 0 Å². The molecular weight excluding hydrogens is 164 g/mol. The first-order chi connectivity index (χ1) is 6.34. The fraction of sp³-hybridized carbons (Fsp3) is 0.222. The Bertz CT molecular complexity index is 380. The molecule has 0 aliphatic carbocycles. The highest BCUT2D eigenvalue weighted by molar-refractivity contribution is 5.14. The first-order valence-electron chi connectivity index (χ1n) is 4.08. The summed E-state index contributed by atoms with van der Waals surface area (Å²) in [6, 6.07) is 4.02. The van der Waals surface area contributed by atoms with Crippen LogP contribution < -0.4 is 0 Å². The Balaban J connectivity index is 2.19. The molecular formula is C9H10N4. The van der Waals surface area contributed by atoms with Crippen LogP contribution in [0.3, 0.4) is 0 Å². The largest absolute Gasteiger partial charge is 0.259 e. The molecule has 66 valence electrons. The van der Waals surface area contributed by atoms with Gasteiger partial charge in [0.2, 0.25) is 0 Å². The average molecular weight is 174 g/mol. The zero-order valence-corrected chi connectivity index (χ0v) is 7.38. The molecule has 0 N–H and O–H groups in total. The summed E-state index contributed by atoms with van der Waals surface area (Å²) in [4.78, 5) is 8.09. The van der Waals surface area contributed by atoms with Crippen LogP contribution in [-0.4, -0.2) is 19.7 Å². The van der Waals surface area contributed by atoms with Gasteiger partial charge >= 0.3 is 0 Å². The van der Waals surface area contributed by atoms with Crippen LogP contribution in [0.25, 0.3) is 0 Å². The lowest BCUT2D eigenvalue weighted by atomic mass is 10.2. The summed E-state index contributed by atoms with van der Waals surface area (Å²) in [5, 5.41) is 4.01. The number of rotatable bonds is 2. The Hall–Kier alpha value is -1.71. The van der Waals surface area contributed by atoms with Crippen LogP contribution in [0, 0.1) is 6.92 Å². The smallest absolute Gasteiger partial charge is 0.137 e. The third-order valence-electron chi connectivity index (χ3n) is 1.76. The van der Waals surface area contributed by atoms with E-state index in [1.807, 2.05) is 25.3 Å². The molecule has 2 aromatic rings. The number of hydrogen-bond acceptors (Lipinski definition) is 3. The predicted molar refractivity (Wildman–Crippen MR) is 48.1 cm³/mol. The van der Waals surface area contributed by atoms with Crippen molar-refractivity contribution in [3.8, 4) is 0 Å². The third-order valence-corrected chi connectivity index (χ3v) is 1.76. The quantitative estimate of drug-likeness (QED) is 0.683. The second-order valence-electron chi connectivity index (χ2n) is 2.92. The maximum atomic E-state index is 4.23. The number of nitrogens with zero attached hydrogens (tertiary/aromatic N) is 4. The van der Waals surface area contributed by atoms with Crippen molar-refractivity contribution in [3.05, 3.63) is 42.2 Å². The summed E-state index contributed by atoms with van der Waals surface area (Å²) < 4.78 is 1.75. The Labute approximate surface area is 76.3 Å². The van der Waals surface area contributed by atoms with Crippen LogP contribution in [0.1, 0.15) is 11.3 Å². The molecule has 0 spiro atoms. The van der Waals surface area contributed by atoms with Crippen molar-refractivity contribution in [1.29, 1.82) is 0 Å². The Morgan fingerprint density at radius 1 is 1.46 bits per heavy atom. The monoisotopic (exact) mass is 174 g/mol. The minimum absolute atomic E-state index is 0.682. The van der Waals surface area contributed by atoms with Gasteiger partial charge in [0.25, 0.3) is 0 Å². The molecule has 0 aliphatic heterocycles. The maximum Gasteiger partial charge on any atom is 0.137 e. The normalized spacial score (nSPS) is 10.2. The molecule has 2 aromatic heterocycles. The molecule has 0 aromatic carbocycles. The van der Waals surface area contributed by atoms with Gasteiger partial charge in [-0.1, -0.05) is 0 Å². The highest BCUT2D eigenvalue weighted by Gasteiger charge is 1.96. The van der Waals surface area contributed by atoms with E-state index in [4.69, 9.17) is 0 Å². The van der Waals surface area contributed by atoms with Crippen molar-refractivity contribution in [1.82, 2.24) is 19.7 Å². The standard InChI is InChI=1S/C9H10N4/c1-8-2-3-11-9(4-8)5-13-7-10-6-12-13/h2-4,6-7H,5H2,1H3. The molecule has 13 heavy (non-hydrogen) atoms. The zero-order valence-electron chi connectivity index (χ0n) is 7.38. The van der Waals surface area contributed by atoms with Gasteiger partial charge in [0.15, 0.2) is 0 Å². The lowest BCUT2D eigenvalue weighted by Gasteiger charge is -2.00. The van der Waals surface area contributed by atoms with Gasteiger partial charge in [0.1, 0.15) is 12.7 Å². The minimum atomic E-state index is 0.682. The number of aryl methyl sites for hydroxylation is 1. The highest BCUT2D eigenvalue weighted by atomic mass is 15.3. The first-order valence-corrected chi connectivity index (χ1v) is 4.08. The van der Waals surface area contributed by atoms with Crippen molar-refractivity contribution < 1.29 is 0 Å². The number of aromatic nitrogens is 4. The summed E-state index contributed by atoms with van der Waals surface area (Å²) in [7, 11) is 0. The van der Waals surface area contributed by atoms with Gasteiger partial charge in [-0.3, -0.25) is 4.98 Å². The van der Waals surface area contributed by atoms with Gasteiger partial charge < -0.3 is 0 Å². The van der Waals surface area contributed by atoms with E-state index in [1.165, 1.54) is 11.9 Å². The molecule has 0 amide bonds. The summed E-state index contributed by atoms with van der Waals surface area (Å²) >= 11 is 0. The third kappa shape index (κ3) is 1.90. The fourth-order valence-electron chi connectivity index (χ4n) is 1.17. The zero-order chi connectivity index (χ0) is 9.10. The van der Waals surface area contributed by atoms with E-state index >= 15 is 0 Å². The molecule has 0 bridgehead atoms. The van der Waals surface area contributed by atoms with Crippen molar-refractivity contribution in [2.45, 2.75) is 13.5 Å². The first kappa shape index (κ1) is 7.91. The van der Waals surface area contributed by atoms with Crippen molar-refractivity contribution in [3.63, 3.8) is 0 Å². The minimum Gasteiger partial charge on any atom is -0.259 e.